The summed E-state index contributed by atoms with van der Waals surface area (Å²) in [6.07, 6.45) is 7.94. The fourth-order valence-corrected chi connectivity index (χ4v) is 4.10. The molecule has 0 atom stereocenters. The molecule has 7 heteroatoms. The number of hydrogen-bond donors (Lipinski definition) is 2. The number of rotatable bonds is 14. The summed E-state index contributed by atoms with van der Waals surface area (Å²) in [5, 5.41) is 11.7. The Labute approximate surface area is 213 Å². The molecular formula is C29H37N5O2. The molecule has 0 spiro atoms. The van der Waals surface area contributed by atoms with Crippen molar-refractivity contribution in [3.05, 3.63) is 85.1 Å². The van der Waals surface area contributed by atoms with Gasteiger partial charge in [-0.05, 0) is 42.5 Å². The quantitative estimate of drug-likeness (QED) is 0.223. The molecule has 3 rings (SSSR count). The Morgan fingerprint density at radius 1 is 1.00 bits per heavy atom. The second kappa shape index (κ2) is 13.3. The highest BCUT2D eigenvalue weighted by molar-refractivity contribution is 6.04. The van der Waals surface area contributed by atoms with Gasteiger partial charge in [-0.25, -0.2) is 4.52 Å². The maximum atomic E-state index is 11.8. The highest BCUT2D eigenvalue weighted by Gasteiger charge is 2.15. The SMILES string of the molecule is C=CC(=O)N(CCCCCCNc1cc(NCc2ccccc2)n2ncc(C(C)C)c2c1)C(=O)C=C. The fourth-order valence-electron chi connectivity index (χ4n) is 4.10. The number of fused-ring (bicyclic) bond motifs is 1. The second-order valence-electron chi connectivity index (χ2n) is 9.10. The molecule has 0 unspecified atom stereocenters. The molecule has 0 saturated carbocycles. The molecule has 0 saturated heterocycles. The maximum Gasteiger partial charge on any atom is 0.252 e. The number of carbonyl (C=O) groups excluding carboxylic acids is 2. The molecule has 2 aromatic heterocycles. The summed E-state index contributed by atoms with van der Waals surface area (Å²) in [7, 11) is 0. The van der Waals surface area contributed by atoms with Crippen molar-refractivity contribution >= 4 is 28.8 Å². The summed E-state index contributed by atoms with van der Waals surface area (Å²) < 4.78 is 1.98. The van der Waals surface area contributed by atoms with Crippen LogP contribution in [0, 0.1) is 0 Å². The topological polar surface area (TPSA) is 78.7 Å². The molecule has 2 amide bonds. The first kappa shape index (κ1) is 26.7. The van der Waals surface area contributed by atoms with Gasteiger partial charge in [-0.15, -0.1) is 0 Å². The van der Waals surface area contributed by atoms with Crippen LogP contribution in [0.5, 0.6) is 0 Å². The normalized spacial score (nSPS) is 10.9. The number of aromatic nitrogens is 2. The molecule has 190 valence electrons. The van der Waals surface area contributed by atoms with E-state index in [2.05, 4.69) is 67.0 Å². The van der Waals surface area contributed by atoms with E-state index in [1.165, 1.54) is 16.0 Å². The Balaban J connectivity index is 1.56. The summed E-state index contributed by atoms with van der Waals surface area (Å²) in [5.74, 6) is 0.563. The van der Waals surface area contributed by atoms with E-state index in [0.717, 1.165) is 67.9 Å². The largest absolute Gasteiger partial charge is 0.385 e. The molecule has 7 nitrogen and oxygen atoms in total. The van der Waals surface area contributed by atoms with Crippen molar-refractivity contribution < 1.29 is 9.59 Å². The number of hydrogen-bond acceptors (Lipinski definition) is 5. The van der Waals surface area contributed by atoms with Gasteiger partial charge < -0.3 is 10.6 Å². The third-order valence-corrected chi connectivity index (χ3v) is 6.11. The molecule has 2 N–H and O–H groups in total. The summed E-state index contributed by atoms with van der Waals surface area (Å²) in [5.41, 5.74) is 4.58. The van der Waals surface area contributed by atoms with Crippen LogP contribution in [-0.2, 0) is 16.1 Å². The van der Waals surface area contributed by atoms with Gasteiger partial charge in [0.2, 0.25) is 0 Å². The lowest BCUT2D eigenvalue weighted by atomic mass is 10.1. The zero-order valence-electron chi connectivity index (χ0n) is 21.4. The van der Waals surface area contributed by atoms with E-state index in [9.17, 15) is 9.59 Å². The number of nitrogens with one attached hydrogen (secondary N) is 2. The molecule has 3 aromatic rings. The van der Waals surface area contributed by atoms with Gasteiger partial charge in [-0.2, -0.15) is 5.10 Å². The van der Waals surface area contributed by atoms with Crippen LogP contribution in [-0.4, -0.2) is 39.4 Å². The Morgan fingerprint density at radius 3 is 2.36 bits per heavy atom. The lowest BCUT2D eigenvalue weighted by Gasteiger charge is -2.17. The molecule has 0 aliphatic heterocycles. The van der Waals surface area contributed by atoms with Gasteiger partial charge >= 0.3 is 0 Å². The van der Waals surface area contributed by atoms with Crippen molar-refractivity contribution in [1.82, 2.24) is 14.5 Å². The number of pyridine rings is 1. The van der Waals surface area contributed by atoms with Crippen molar-refractivity contribution in [3.63, 3.8) is 0 Å². The van der Waals surface area contributed by atoms with E-state index in [-0.39, 0.29) is 11.8 Å². The van der Waals surface area contributed by atoms with Gasteiger partial charge in [0, 0.05) is 37.0 Å². The number of nitrogens with zero attached hydrogens (tertiary/aromatic N) is 3. The molecule has 0 aliphatic carbocycles. The monoisotopic (exact) mass is 487 g/mol. The van der Waals surface area contributed by atoms with Crippen molar-refractivity contribution in [2.75, 3.05) is 23.7 Å². The van der Waals surface area contributed by atoms with Crippen LogP contribution in [0.1, 0.15) is 56.6 Å². The summed E-state index contributed by atoms with van der Waals surface area (Å²) in [6.45, 7) is 13.2. The van der Waals surface area contributed by atoms with Crippen LogP contribution in [0.25, 0.3) is 5.52 Å². The number of benzene rings is 1. The van der Waals surface area contributed by atoms with Crippen molar-refractivity contribution in [3.8, 4) is 0 Å². The van der Waals surface area contributed by atoms with E-state index < -0.39 is 0 Å². The van der Waals surface area contributed by atoms with E-state index in [1.807, 2.05) is 28.9 Å². The number of imide groups is 1. The highest BCUT2D eigenvalue weighted by atomic mass is 16.2. The van der Waals surface area contributed by atoms with Crippen molar-refractivity contribution in [2.24, 2.45) is 0 Å². The molecule has 2 heterocycles. The van der Waals surface area contributed by atoms with Gasteiger partial charge in [0.15, 0.2) is 0 Å². The van der Waals surface area contributed by atoms with Crippen LogP contribution < -0.4 is 10.6 Å². The molecule has 0 aliphatic rings. The minimum absolute atomic E-state index is 0.375. The smallest absolute Gasteiger partial charge is 0.252 e. The molecule has 36 heavy (non-hydrogen) atoms. The van der Waals surface area contributed by atoms with Gasteiger partial charge in [-0.3, -0.25) is 14.5 Å². The average Bonchev–Trinajstić information content (AvgIpc) is 3.33. The Bertz CT molecular complexity index is 1160. The molecule has 0 fully saturated rings. The first-order valence-electron chi connectivity index (χ1n) is 12.6. The lowest BCUT2D eigenvalue weighted by molar-refractivity contribution is -0.138. The molecule has 0 bridgehead atoms. The predicted octanol–water partition coefficient (Wildman–Crippen LogP) is 5.77. The minimum Gasteiger partial charge on any atom is -0.385 e. The number of carbonyl (C=O) groups is 2. The van der Waals surface area contributed by atoms with E-state index in [4.69, 9.17) is 0 Å². The average molecular weight is 488 g/mol. The van der Waals surface area contributed by atoms with Gasteiger partial charge in [-0.1, -0.05) is 70.2 Å². The summed E-state index contributed by atoms with van der Waals surface area (Å²) >= 11 is 0. The van der Waals surface area contributed by atoms with Crippen LogP contribution >= 0.6 is 0 Å². The Kier molecular flexibility index (Phi) is 9.86. The van der Waals surface area contributed by atoms with Gasteiger partial charge in [0.05, 0.1) is 11.7 Å². The van der Waals surface area contributed by atoms with Crippen LogP contribution in [0.15, 0.2) is 74.0 Å². The Morgan fingerprint density at radius 2 is 1.69 bits per heavy atom. The van der Waals surface area contributed by atoms with Crippen LogP contribution in [0.4, 0.5) is 11.5 Å². The minimum atomic E-state index is -0.380. The van der Waals surface area contributed by atoms with E-state index in [0.29, 0.717) is 12.5 Å². The van der Waals surface area contributed by atoms with Crippen LogP contribution in [0.2, 0.25) is 0 Å². The zero-order chi connectivity index (χ0) is 25.9. The standard InChI is InChI=1S/C29H37N5O2/c1-5-28(35)33(29(36)6-2)17-13-8-7-12-16-30-24-18-26-25(22(3)4)21-32-34(26)27(19-24)31-20-23-14-10-9-11-15-23/h5-6,9-11,14-15,18-19,21-22,30-31H,1-2,7-8,12-13,16-17,20H2,3-4H3. The van der Waals surface area contributed by atoms with E-state index in [1.54, 1.807) is 0 Å². The van der Waals surface area contributed by atoms with Crippen LogP contribution in [0.3, 0.4) is 0 Å². The first-order valence-corrected chi connectivity index (χ1v) is 12.6. The third-order valence-electron chi connectivity index (χ3n) is 6.11. The number of anilines is 2. The van der Waals surface area contributed by atoms with Crippen molar-refractivity contribution in [1.29, 1.82) is 0 Å². The molecular weight excluding hydrogens is 450 g/mol. The molecule has 0 radical (unpaired) electrons. The first-order chi connectivity index (χ1) is 17.4. The second-order valence-corrected chi connectivity index (χ2v) is 9.10. The predicted molar refractivity (Wildman–Crippen MR) is 147 cm³/mol. The number of amides is 2. The summed E-state index contributed by atoms with van der Waals surface area (Å²) in [6, 6.07) is 14.6. The Hall–Kier alpha value is -3.87. The van der Waals surface area contributed by atoms with E-state index >= 15 is 0 Å². The van der Waals surface area contributed by atoms with Crippen molar-refractivity contribution in [2.45, 2.75) is 52.0 Å². The zero-order valence-corrected chi connectivity index (χ0v) is 21.4. The maximum absolute atomic E-state index is 11.8. The van der Waals surface area contributed by atoms with Gasteiger partial charge in [0.25, 0.3) is 11.8 Å². The number of unbranched alkanes of at least 4 members (excludes halogenated alkanes) is 3. The fraction of sp³-hybridized carbons (Fsp3) is 0.345. The highest BCUT2D eigenvalue weighted by Crippen LogP contribution is 2.27. The van der Waals surface area contributed by atoms with Gasteiger partial charge in [0.1, 0.15) is 5.82 Å². The third kappa shape index (κ3) is 7.07. The lowest BCUT2D eigenvalue weighted by Crippen LogP contribution is -2.35. The molecule has 1 aromatic carbocycles. The summed E-state index contributed by atoms with van der Waals surface area (Å²) in [4.78, 5) is 24.9.